The number of nitriles is 1. The lowest BCUT2D eigenvalue weighted by Crippen LogP contribution is -2.15. The van der Waals surface area contributed by atoms with Crippen LogP contribution in [0.4, 0.5) is 5.69 Å². The first-order chi connectivity index (χ1) is 12.0. The smallest absolute Gasteiger partial charge is 0.238 e. The number of nitrogens with two attached hydrogens (primary N) is 1. The van der Waals surface area contributed by atoms with E-state index in [0.29, 0.717) is 22.4 Å². The molecule has 1 aromatic heterocycles. The minimum Gasteiger partial charge on any atom is -0.292 e. The summed E-state index contributed by atoms with van der Waals surface area (Å²) in [4.78, 5) is 0.0519. The van der Waals surface area contributed by atoms with Gasteiger partial charge in [-0.2, -0.15) is 5.26 Å². The number of anilines is 1. The number of rotatable bonds is 5. The molecule has 0 spiro atoms. The zero-order chi connectivity index (χ0) is 17.9. The molecule has 0 bridgehead atoms. The van der Waals surface area contributed by atoms with E-state index in [1.165, 1.54) is 18.7 Å². The van der Waals surface area contributed by atoms with E-state index >= 15 is 0 Å². The SMILES string of the molecule is N#Cc1ccc(Nn2cnnc2)cc1Cc1ccccc1S(N)(=O)=O. The van der Waals surface area contributed by atoms with Gasteiger partial charge in [-0.05, 0) is 35.4 Å². The van der Waals surface area contributed by atoms with Crippen molar-refractivity contribution in [2.45, 2.75) is 11.3 Å². The summed E-state index contributed by atoms with van der Waals surface area (Å²) in [7, 11) is -3.84. The Balaban J connectivity index is 1.98. The maximum absolute atomic E-state index is 11.8. The van der Waals surface area contributed by atoms with Gasteiger partial charge in [0.05, 0.1) is 22.2 Å². The summed E-state index contributed by atoms with van der Waals surface area (Å²) in [5, 5.41) is 22.0. The molecule has 3 N–H and O–H groups in total. The fraction of sp³-hybridized carbons (Fsp3) is 0.0625. The molecule has 0 atom stereocenters. The lowest BCUT2D eigenvalue weighted by Gasteiger charge is -2.12. The molecule has 0 amide bonds. The number of primary sulfonamides is 1. The quantitative estimate of drug-likeness (QED) is 0.710. The van der Waals surface area contributed by atoms with Crippen molar-refractivity contribution in [3.8, 4) is 6.07 Å². The van der Waals surface area contributed by atoms with Crippen molar-refractivity contribution in [3.63, 3.8) is 0 Å². The normalized spacial score (nSPS) is 11.0. The highest BCUT2D eigenvalue weighted by Gasteiger charge is 2.15. The van der Waals surface area contributed by atoms with Gasteiger partial charge >= 0.3 is 0 Å². The summed E-state index contributed by atoms with van der Waals surface area (Å²) in [6.07, 6.45) is 3.25. The van der Waals surface area contributed by atoms with Crippen LogP contribution < -0.4 is 10.6 Å². The Morgan fingerprint density at radius 1 is 1.12 bits per heavy atom. The predicted molar refractivity (Wildman–Crippen MR) is 90.8 cm³/mol. The van der Waals surface area contributed by atoms with Gasteiger partial charge in [0.25, 0.3) is 0 Å². The molecule has 9 heteroatoms. The van der Waals surface area contributed by atoms with Crippen LogP contribution in [-0.2, 0) is 16.4 Å². The molecule has 2 aromatic carbocycles. The fourth-order valence-corrected chi connectivity index (χ4v) is 3.23. The molecule has 0 aliphatic heterocycles. The zero-order valence-electron chi connectivity index (χ0n) is 13.0. The zero-order valence-corrected chi connectivity index (χ0v) is 13.8. The number of nitrogens with zero attached hydrogens (tertiary/aromatic N) is 4. The molecule has 0 saturated heterocycles. The first kappa shape index (κ1) is 16.6. The molecule has 1 heterocycles. The molecular weight excluding hydrogens is 340 g/mol. The highest BCUT2D eigenvalue weighted by atomic mass is 32.2. The van der Waals surface area contributed by atoms with Crippen molar-refractivity contribution in [1.82, 2.24) is 14.9 Å². The third-order valence-corrected chi connectivity index (χ3v) is 4.57. The van der Waals surface area contributed by atoms with Gasteiger partial charge in [-0.15, -0.1) is 10.2 Å². The highest BCUT2D eigenvalue weighted by Crippen LogP contribution is 2.22. The summed E-state index contributed by atoms with van der Waals surface area (Å²) in [5.41, 5.74) is 5.42. The van der Waals surface area contributed by atoms with Crippen molar-refractivity contribution in [3.05, 3.63) is 71.8 Å². The van der Waals surface area contributed by atoms with Crippen LogP contribution >= 0.6 is 0 Å². The van der Waals surface area contributed by atoms with Gasteiger partial charge in [-0.1, -0.05) is 18.2 Å². The van der Waals surface area contributed by atoms with Gasteiger partial charge in [-0.25, -0.2) is 18.2 Å². The topological polar surface area (TPSA) is 127 Å². The standard InChI is InChI=1S/C16H14N6O2S/c17-9-13-5-6-15(21-22-10-19-20-11-22)8-14(13)7-12-3-1-2-4-16(12)25(18,23)24/h1-6,8,10-11,21H,7H2,(H2,18,23,24). The average molecular weight is 354 g/mol. The number of aromatic nitrogens is 3. The van der Waals surface area contributed by atoms with Crippen molar-refractivity contribution in [1.29, 1.82) is 5.26 Å². The lowest BCUT2D eigenvalue weighted by atomic mass is 9.99. The maximum atomic E-state index is 11.8. The molecule has 3 rings (SSSR count). The Bertz CT molecular complexity index is 1040. The second-order valence-electron chi connectivity index (χ2n) is 5.29. The Labute approximate surface area is 144 Å². The molecule has 3 aromatic rings. The van der Waals surface area contributed by atoms with Gasteiger partial charge in [0, 0.05) is 6.42 Å². The van der Waals surface area contributed by atoms with Crippen LogP contribution in [0, 0.1) is 11.3 Å². The van der Waals surface area contributed by atoms with Crippen LogP contribution in [0.5, 0.6) is 0 Å². The number of benzene rings is 2. The van der Waals surface area contributed by atoms with E-state index in [4.69, 9.17) is 5.14 Å². The highest BCUT2D eigenvalue weighted by molar-refractivity contribution is 7.89. The molecule has 0 fully saturated rings. The predicted octanol–water partition coefficient (Wildman–Crippen LogP) is 1.26. The van der Waals surface area contributed by atoms with E-state index in [-0.39, 0.29) is 11.3 Å². The number of hydrogen-bond donors (Lipinski definition) is 2. The molecule has 0 radical (unpaired) electrons. The second kappa shape index (κ2) is 6.72. The third-order valence-electron chi connectivity index (χ3n) is 3.56. The van der Waals surface area contributed by atoms with Crippen molar-refractivity contribution in [2.75, 3.05) is 5.43 Å². The fourth-order valence-electron chi connectivity index (χ4n) is 2.46. The summed E-state index contributed by atoms with van der Waals surface area (Å²) in [6, 6.07) is 13.8. The average Bonchev–Trinajstić information content (AvgIpc) is 3.08. The van der Waals surface area contributed by atoms with Crippen molar-refractivity contribution in [2.24, 2.45) is 5.14 Å². The van der Waals surface area contributed by atoms with E-state index in [1.807, 2.05) is 0 Å². The Morgan fingerprint density at radius 3 is 2.52 bits per heavy atom. The van der Waals surface area contributed by atoms with E-state index < -0.39 is 10.0 Å². The summed E-state index contributed by atoms with van der Waals surface area (Å²) in [6.45, 7) is 0. The summed E-state index contributed by atoms with van der Waals surface area (Å²) >= 11 is 0. The molecule has 25 heavy (non-hydrogen) atoms. The Hall–Kier alpha value is -3.22. The van der Waals surface area contributed by atoms with Crippen LogP contribution in [0.3, 0.4) is 0 Å². The van der Waals surface area contributed by atoms with E-state index in [1.54, 1.807) is 41.1 Å². The van der Waals surface area contributed by atoms with Crippen LogP contribution in [0.15, 0.2) is 60.0 Å². The van der Waals surface area contributed by atoms with Gasteiger partial charge in [-0.3, -0.25) is 5.43 Å². The molecule has 126 valence electrons. The van der Waals surface area contributed by atoms with Gasteiger partial charge < -0.3 is 0 Å². The number of sulfonamides is 1. The molecule has 8 nitrogen and oxygen atoms in total. The monoisotopic (exact) mass is 354 g/mol. The first-order valence-electron chi connectivity index (χ1n) is 7.23. The molecule has 0 unspecified atom stereocenters. The lowest BCUT2D eigenvalue weighted by molar-refractivity contribution is 0.597. The van der Waals surface area contributed by atoms with Crippen LogP contribution in [-0.4, -0.2) is 23.3 Å². The van der Waals surface area contributed by atoms with Gasteiger partial charge in [0.2, 0.25) is 10.0 Å². The van der Waals surface area contributed by atoms with Crippen LogP contribution in [0.25, 0.3) is 0 Å². The minimum atomic E-state index is -3.84. The van der Waals surface area contributed by atoms with Gasteiger partial charge in [0.15, 0.2) is 0 Å². The van der Waals surface area contributed by atoms with Crippen LogP contribution in [0.1, 0.15) is 16.7 Å². The first-order valence-corrected chi connectivity index (χ1v) is 8.77. The minimum absolute atomic E-state index is 0.0519. The van der Waals surface area contributed by atoms with Crippen molar-refractivity contribution >= 4 is 15.7 Å². The largest absolute Gasteiger partial charge is 0.292 e. The van der Waals surface area contributed by atoms with E-state index in [9.17, 15) is 13.7 Å². The Morgan fingerprint density at radius 2 is 1.84 bits per heavy atom. The van der Waals surface area contributed by atoms with Crippen molar-refractivity contribution < 1.29 is 8.42 Å². The van der Waals surface area contributed by atoms with E-state index in [0.717, 1.165) is 0 Å². The molecule has 0 aliphatic carbocycles. The third kappa shape index (κ3) is 3.82. The number of nitrogens with one attached hydrogen (secondary N) is 1. The van der Waals surface area contributed by atoms with Gasteiger partial charge in [0.1, 0.15) is 12.7 Å². The summed E-state index contributed by atoms with van der Waals surface area (Å²) in [5.74, 6) is 0. The molecule has 0 saturated carbocycles. The van der Waals surface area contributed by atoms with E-state index in [2.05, 4.69) is 21.7 Å². The molecule has 0 aliphatic rings. The molecular formula is C16H14N6O2S. The second-order valence-corrected chi connectivity index (χ2v) is 6.82. The summed E-state index contributed by atoms with van der Waals surface area (Å²) < 4.78 is 25.1. The van der Waals surface area contributed by atoms with Crippen LogP contribution in [0.2, 0.25) is 0 Å². The number of hydrogen-bond acceptors (Lipinski definition) is 6. The maximum Gasteiger partial charge on any atom is 0.238 e. The Kier molecular flexibility index (Phi) is 4.47.